The topological polar surface area (TPSA) is 102 Å². The number of nitrogens with zero attached hydrogens (tertiary/aromatic N) is 2. The number of rotatable bonds is 14. The van der Waals surface area contributed by atoms with Gasteiger partial charge in [0.05, 0.1) is 28.4 Å². The van der Waals surface area contributed by atoms with Crippen LogP contribution in [0.5, 0.6) is 16.7 Å². The SMILES string of the molecule is CC(C)c1c(-c2ccccc2)cc2cc(Oc3nccs3)ccc2c1C(=O)NCc1ccc(F)c(F)c1.CC(C)c1c(-c2ccccc2)nc2cc(OC3CCCC3)ccc2c1C(=O)NCc1ccc(F)c(F)c1. The van der Waals surface area contributed by atoms with E-state index in [1.54, 1.807) is 6.20 Å². The Balaban J connectivity index is 0.000000182. The van der Waals surface area contributed by atoms with Crippen molar-refractivity contribution in [3.05, 3.63) is 208 Å². The molecule has 1 fully saturated rings. The molecule has 0 aliphatic heterocycles. The maximum Gasteiger partial charge on any atom is 0.278 e. The van der Waals surface area contributed by atoms with Crippen LogP contribution < -0.4 is 20.1 Å². The highest BCUT2D eigenvalue weighted by Crippen LogP contribution is 2.40. The maximum atomic E-state index is 13.7. The van der Waals surface area contributed by atoms with Crippen molar-refractivity contribution in [3.8, 4) is 39.1 Å². The Labute approximate surface area is 431 Å². The van der Waals surface area contributed by atoms with Gasteiger partial charge in [0, 0.05) is 41.7 Å². The molecule has 2 N–H and O–H groups in total. The fourth-order valence-corrected chi connectivity index (χ4v) is 10.0. The Morgan fingerprint density at radius 3 is 1.76 bits per heavy atom. The third-order valence-corrected chi connectivity index (χ3v) is 13.6. The molecule has 1 saturated carbocycles. The molecule has 1 aliphatic rings. The molecule has 8 nitrogen and oxygen atoms in total. The largest absolute Gasteiger partial charge is 0.490 e. The molecule has 376 valence electrons. The van der Waals surface area contributed by atoms with Crippen LogP contribution in [0.25, 0.3) is 44.1 Å². The summed E-state index contributed by atoms with van der Waals surface area (Å²) in [6.45, 7) is 8.33. The van der Waals surface area contributed by atoms with Gasteiger partial charge in [-0.1, -0.05) is 112 Å². The number of pyridine rings is 1. The number of aromatic nitrogens is 2. The van der Waals surface area contributed by atoms with Crippen LogP contribution in [0.1, 0.15) is 108 Å². The number of hydrogen-bond donors (Lipinski definition) is 2. The number of carbonyl (C=O) groups excluding carboxylic acids is 2. The zero-order valence-electron chi connectivity index (χ0n) is 41.4. The molecule has 2 aromatic heterocycles. The van der Waals surface area contributed by atoms with E-state index in [2.05, 4.69) is 35.5 Å². The van der Waals surface area contributed by atoms with Crippen LogP contribution in [0.15, 0.2) is 151 Å². The van der Waals surface area contributed by atoms with E-state index in [1.165, 1.54) is 36.3 Å². The molecule has 0 unspecified atom stereocenters. The molecule has 7 aromatic carbocycles. The molecule has 0 spiro atoms. The van der Waals surface area contributed by atoms with E-state index < -0.39 is 23.3 Å². The molecule has 0 radical (unpaired) electrons. The summed E-state index contributed by atoms with van der Waals surface area (Å²) in [7, 11) is 0. The third-order valence-electron chi connectivity index (χ3n) is 13.0. The van der Waals surface area contributed by atoms with Gasteiger partial charge in [-0.25, -0.2) is 27.5 Å². The minimum atomic E-state index is -0.945. The van der Waals surface area contributed by atoms with Crippen LogP contribution in [-0.2, 0) is 13.1 Å². The van der Waals surface area contributed by atoms with Gasteiger partial charge in [0.25, 0.3) is 17.0 Å². The lowest BCUT2D eigenvalue weighted by atomic mass is 9.84. The summed E-state index contributed by atoms with van der Waals surface area (Å²) >= 11 is 1.40. The van der Waals surface area contributed by atoms with Crippen LogP contribution in [0.4, 0.5) is 17.6 Å². The number of carbonyl (C=O) groups is 2. The van der Waals surface area contributed by atoms with Crippen LogP contribution in [-0.4, -0.2) is 27.9 Å². The summed E-state index contributed by atoms with van der Waals surface area (Å²) in [5.74, 6) is -2.89. The Morgan fingerprint density at radius 2 is 1.19 bits per heavy atom. The minimum absolute atomic E-state index is 0.00513. The fraction of sp³-hybridized carbons (Fsp3) is 0.213. The lowest BCUT2D eigenvalue weighted by Crippen LogP contribution is -2.25. The van der Waals surface area contributed by atoms with Crippen molar-refractivity contribution < 1.29 is 36.6 Å². The van der Waals surface area contributed by atoms with Crippen molar-refractivity contribution in [2.75, 3.05) is 0 Å². The second-order valence-corrected chi connectivity index (χ2v) is 19.7. The Bertz CT molecular complexity index is 3460. The number of hydrogen-bond acceptors (Lipinski definition) is 7. The first-order valence-corrected chi connectivity index (χ1v) is 25.6. The molecular weight excluding hydrogens is 961 g/mol. The average molecular weight is 1020 g/mol. The number of thiazole rings is 1. The van der Waals surface area contributed by atoms with Gasteiger partial charge >= 0.3 is 0 Å². The van der Waals surface area contributed by atoms with Crippen molar-refractivity contribution in [1.29, 1.82) is 0 Å². The van der Waals surface area contributed by atoms with Crippen molar-refractivity contribution in [3.63, 3.8) is 0 Å². The van der Waals surface area contributed by atoms with E-state index >= 15 is 0 Å². The van der Waals surface area contributed by atoms with E-state index in [0.29, 0.717) is 38.7 Å². The smallest absolute Gasteiger partial charge is 0.278 e. The molecular formula is C61H54F4N4O4S. The second kappa shape index (κ2) is 22.9. The second-order valence-electron chi connectivity index (χ2n) is 18.9. The van der Waals surface area contributed by atoms with Crippen molar-refractivity contribution in [1.82, 2.24) is 20.6 Å². The average Bonchev–Trinajstić information content (AvgIpc) is 4.14. The number of ether oxygens (including phenoxy) is 2. The van der Waals surface area contributed by atoms with E-state index in [0.717, 1.165) is 92.5 Å². The standard InChI is InChI=1S/C31H30F2N2O2.C30H24F2N2O2S/c1-19(2)28-29(31(36)34-18-20-12-15-25(32)26(33)16-20)24-14-13-23(37-22-10-6-7-11-22)17-27(24)35-30(28)21-8-4-3-5-9-21;1-18(2)27-24(20-6-4-3-5-7-20)16-21-15-22(36-30-33-12-13-37-30)9-10-23(21)28(27)29(35)34-17-19-8-11-25(31)26(32)14-19/h3-5,8-9,12-17,19,22H,6-7,10-11,18H2,1-2H3,(H,34,36);3-16,18H,17H2,1-2H3,(H,34,35). The van der Waals surface area contributed by atoms with Crippen LogP contribution >= 0.6 is 11.3 Å². The van der Waals surface area contributed by atoms with Gasteiger partial charge in [-0.15, -0.1) is 0 Å². The highest BCUT2D eigenvalue weighted by atomic mass is 32.1. The fourth-order valence-electron chi connectivity index (χ4n) is 9.52. The van der Waals surface area contributed by atoms with E-state index in [4.69, 9.17) is 14.5 Å². The molecule has 2 heterocycles. The number of amides is 2. The zero-order chi connectivity index (χ0) is 51.9. The van der Waals surface area contributed by atoms with E-state index in [-0.39, 0.29) is 42.8 Å². The summed E-state index contributed by atoms with van der Waals surface area (Å²) < 4.78 is 66.3. The first-order valence-electron chi connectivity index (χ1n) is 24.7. The molecule has 9 aromatic rings. The van der Waals surface area contributed by atoms with Gasteiger partial charge in [0.1, 0.15) is 11.5 Å². The lowest BCUT2D eigenvalue weighted by Gasteiger charge is -2.21. The molecule has 10 rings (SSSR count). The van der Waals surface area contributed by atoms with E-state index in [9.17, 15) is 27.2 Å². The quantitative estimate of drug-likeness (QED) is 0.105. The maximum absolute atomic E-state index is 13.7. The first kappa shape index (κ1) is 51.0. The highest BCUT2D eigenvalue weighted by molar-refractivity contribution is 7.11. The minimum Gasteiger partial charge on any atom is -0.490 e. The van der Waals surface area contributed by atoms with Crippen molar-refractivity contribution in [2.45, 2.75) is 84.4 Å². The van der Waals surface area contributed by atoms with Crippen LogP contribution in [0.2, 0.25) is 0 Å². The zero-order valence-corrected chi connectivity index (χ0v) is 42.2. The Kier molecular flexibility index (Phi) is 15.8. The predicted octanol–water partition coefficient (Wildman–Crippen LogP) is 15.6. The van der Waals surface area contributed by atoms with Crippen LogP contribution in [0, 0.1) is 23.3 Å². The van der Waals surface area contributed by atoms with Gasteiger partial charge in [0.15, 0.2) is 23.3 Å². The summed E-state index contributed by atoms with van der Waals surface area (Å²) in [6.07, 6.45) is 6.33. The summed E-state index contributed by atoms with van der Waals surface area (Å²) in [5, 5.41) is 10.5. The normalized spacial score (nSPS) is 12.5. The number of nitrogens with one attached hydrogen (secondary N) is 2. The first-order chi connectivity index (χ1) is 35.8. The Morgan fingerprint density at radius 1 is 0.622 bits per heavy atom. The highest BCUT2D eigenvalue weighted by Gasteiger charge is 2.26. The summed E-state index contributed by atoms with van der Waals surface area (Å²) in [6, 6.07) is 40.4. The molecule has 13 heteroatoms. The van der Waals surface area contributed by atoms with Crippen molar-refractivity contribution in [2.24, 2.45) is 0 Å². The molecule has 2 amide bonds. The molecule has 74 heavy (non-hydrogen) atoms. The number of benzene rings is 7. The molecule has 0 saturated heterocycles. The van der Waals surface area contributed by atoms with Gasteiger partial charge in [0.2, 0.25) is 0 Å². The van der Waals surface area contributed by atoms with E-state index in [1.807, 2.05) is 116 Å². The summed E-state index contributed by atoms with van der Waals surface area (Å²) in [5.41, 5.74) is 8.08. The molecule has 0 atom stereocenters. The third kappa shape index (κ3) is 11.6. The van der Waals surface area contributed by atoms with Gasteiger partial charge in [-0.3, -0.25) is 9.59 Å². The predicted molar refractivity (Wildman–Crippen MR) is 285 cm³/mol. The molecule has 0 bridgehead atoms. The lowest BCUT2D eigenvalue weighted by molar-refractivity contribution is 0.0943. The van der Waals surface area contributed by atoms with Crippen LogP contribution in [0.3, 0.4) is 0 Å². The number of fused-ring (bicyclic) bond motifs is 2. The van der Waals surface area contributed by atoms with Crippen molar-refractivity contribution >= 4 is 44.8 Å². The monoisotopic (exact) mass is 1010 g/mol. The number of halogens is 4. The van der Waals surface area contributed by atoms with Gasteiger partial charge < -0.3 is 20.1 Å². The summed E-state index contributed by atoms with van der Waals surface area (Å²) in [4.78, 5) is 36.7. The van der Waals surface area contributed by atoms with Gasteiger partial charge in [-0.2, -0.15) is 0 Å². The molecule has 1 aliphatic carbocycles. The van der Waals surface area contributed by atoms with Gasteiger partial charge in [-0.05, 0) is 142 Å². The Hall–Kier alpha value is -7.90.